The largest absolute Gasteiger partial charge is 0.488 e. The number of benzene rings is 1. The Morgan fingerprint density at radius 3 is 3.10 bits per heavy atom. The van der Waals surface area contributed by atoms with Crippen molar-refractivity contribution in [3.05, 3.63) is 29.8 Å². The van der Waals surface area contributed by atoms with Crippen LogP contribution in [0.5, 0.6) is 5.75 Å². The third-order valence-electron chi connectivity index (χ3n) is 2.96. The summed E-state index contributed by atoms with van der Waals surface area (Å²) < 4.78 is 34.4. The van der Waals surface area contributed by atoms with E-state index in [4.69, 9.17) is 9.47 Å². The molecule has 1 atom stereocenters. The quantitative estimate of drug-likeness (QED) is 0.821. The Morgan fingerprint density at radius 2 is 2.38 bits per heavy atom. The topological polar surface area (TPSA) is 59.6 Å². The second-order valence-corrected chi connectivity index (χ2v) is 4.63. The fourth-order valence-electron chi connectivity index (χ4n) is 1.94. The highest BCUT2D eigenvalue weighted by Gasteiger charge is 2.21. The molecule has 0 bridgehead atoms. The molecule has 1 aliphatic rings. The first kappa shape index (κ1) is 15.7. The van der Waals surface area contributed by atoms with E-state index in [1.54, 1.807) is 24.3 Å². The Hall–Kier alpha value is -1.73. The van der Waals surface area contributed by atoms with Gasteiger partial charge in [0.25, 0.3) is 12.3 Å². The first-order valence-corrected chi connectivity index (χ1v) is 6.75. The van der Waals surface area contributed by atoms with Crippen LogP contribution in [0.3, 0.4) is 0 Å². The Kier molecular flexibility index (Phi) is 5.89. The molecular weight excluding hydrogens is 282 g/mol. The molecule has 5 nitrogen and oxygen atoms in total. The van der Waals surface area contributed by atoms with E-state index >= 15 is 0 Å². The van der Waals surface area contributed by atoms with Crippen LogP contribution in [-0.2, 0) is 16.1 Å². The predicted octanol–water partition coefficient (Wildman–Crippen LogP) is 0.935. The van der Waals surface area contributed by atoms with Crippen molar-refractivity contribution in [2.45, 2.75) is 19.1 Å². The smallest absolute Gasteiger partial charge is 0.272 e. The summed E-state index contributed by atoms with van der Waals surface area (Å²) in [4.78, 5) is 11.9. The van der Waals surface area contributed by atoms with Gasteiger partial charge in [-0.1, -0.05) is 12.1 Å². The van der Waals surface area contributed by atoms with E-state index in [1.165, 1.54) is 0 Å². The summed E-state index contributed by atoms with van der Waals surface area (Å²) in [6.45, 7) is 1.40. The molecule has 1 fully saturated rings. The molecule has 1 amide bonds. The zero-order chi connectivity index (χ0) is 15.1. The highest BCUT2D eigenvalue weighted by molar-refractivity contribution is 5.81. The molecule has 116 valence electrons. The van der Waals surface area contributed by atoms with Crippen molar-refractivity contribution in [3.8, 4) is 5.75 Å². The van der Waals surface area contributed by atoms with E-state index in [-0.39, 0.29) is 5.91 Å². The number of hydrogen-bond donors (Lipinski definition) is 2. The number of halogens is 2. The van der Waals surface area contributed by atoms with Crippen LogP contribution in [0.4, 0.5) is 8.78 Å². The highest BCUT2D eigenvalue weighted by Crippen LogP contribution is 2.14. The number of hydrogen-bond acceptors (Lipinski definition) is 4. The maximum Gasteiger partial charge on any atom is 0.272 e. The van der Waals surface area contributed by atoms with E-state index in [0.717, 1.165) is 12.1 Å². The highest BCUT2D eigenvalue weighted by atomic mass is 19.3. The van der Waals surface area contributed by atoms with Crippen LogP contribution < -0.4 is 15.4 Å². The van der Waals surface area contributed by atoms with Gasteiger partial charge in [-0.05, 0) is 17.7 Å². The fourth-order valence-corrected chi connectivity index (χ4v) is 1.94. The van der Waals surface area contributed by atoms with Gasteiger partial charge in [-0.2, -0.15) is 0 Å². The van der Waals surface area contributed by atoms with Crippen LogP contribution in [0.1, 0.15) is 5.56 Å². The van der Waals surface area contributed by atoms with Crippen molar-refractivity contribution in [1.29, 1.82) is 0 Å². The van der Waals surface area contributed by atoms with Gasteiger partial charge in [0, 0.05) is 19.6 Å². The lowest BCUT2D eigenvalue weighted by molar-refractivity contribution is -0.134. The number of nitrogens with one attached hydrogen (secondary N) is 2. The summed E-state index contributed by atoms with van der Waals surface area (Å²) in [5.74, 6) is 0.165. The maximum atomic E-state index is 12.1. The number of ether oxygens (including phenoxy) is 2. The molecular formula is C14H18F2N2O3. The van der Waals surface area contributed by atoms with Crippen LogP contribution in [-0.4, -0.2) is 44.7 Å². The van der Waals surface area contributed by atoms with Crippen molar-refractivity contribution in [3.63, 3.8) is 0 Å². The lowest BCUT2D eigenvalue weighted by atomic mass is 10.2. The number of carbonyl (C=O) groups is 1. The van der Waals surface area contributed by atoms with E-state index < -0.39 is 19.1 Å². The molecule has 2 rings (SSSR count). The molecule has 2 N–H and O–H groups in total. The second-order valence-electron chi connectivity index (χ2n) is 4.63. The minimum atomic E-state index is -2.51. The Bertz CT molecular complexity index is 465. The normalized spacial score (nSPS) is 18.5. The number of carbonyl (C=O) groups excluding carboxylic acids is 1. The van der Waals surface area contributed by atoms with Gasteiger partial charge in [-0.3, -0.25) is 4.79 Å². The number of amides is 1. The van der Waals surface area contributed by atoms with Gasteiger partial charge in [-0.15, -0.1) is 0 Å². The van der Waals surface area contributed by atoms with E-state index in [2.05, 4.69) is 10.6 Å². The lowest BCUT2D eigenvalue weighted by Crippen LogP contribution is -2.47. The SMILES string of the molecule is O=C(NCc1cccc(OCC(F)F)c1)C1CNCCO1. The first-order chi connectivity index (χ1) is 10.1. The van der Waals surface area contributed by atoms with Crippen LogP contribution in [0.2, 0.25) is 0 Å². The lowest BCUT2D eigenvalue weighted by Gasteiger charge is -2.22. The summed E-state index contributed by atoms with van der Waals surface area (Å²) >= 11 is 0. The second kappa shape index (κ2) is 7.90. The average molecular weight is 300 g/mol. The Labute approximate surface area is 121 Å². The van der Waals surface area contributed by atoms with E-state index in [9.17, 15) is 13.6 Å². The third kappa shape index (κ3) is 5.28. The van der Waals surface area contributed by atoms with Gasteiger partial charge in [0.1, 0.15) is 18.5 Å². The number of morpholine rings is 1. The minimum Gasteiger partial charge on any atom is -0.488 e. The molecule has 1 saturated heterocycles. The summed E-state index contributed by atoms with van der Waals surface area (Å²) in [5.41, 5.74) is 0.777. The third-order valence-corrected chi connectivity index (χ3v) is 2.96. The van der Waals surface area contributed by atoms with Gasteiger partial charge >= 0.3 is 0 Å². The van der Waals surface area contributed by atoms with Crippen LogP contribution in [0.15, 0.2) is 24.3 Å². The molecule has 21 heavy (non-hydrogen) atoms. The molecule has 1 heterocycles. The van der Waals surface area contributed by atoms with Crippen LogP contribution >= 0.6 is 0 Å². The van der Waals surface area contributed by atoms with E-state index in [0.29, 0.717) is 25.4 Å². The zero-order valence-electron chi connectivity index (χ0n) is 11.5. The van der Waals surface area contributed by atoms with Crippen LogP contribution in [0.25, 0.3) is 0 Å². The van der Waals surface area contributed by atoms with Crippen molar-refractivity contribution in [1.82, 2.24) is 10.6 Å². The fraction of sp³-hybridized carbons (Fsp3) is 0.500. The standard InChI is InChI=1S/C14H18F2N2O3/c15-13(16)9-21-11-3-1-2-10(6-11)7-18-14(19)12-8-17-4-5-20-12/h1-3,6,12-13,17H,4-5,7-9H2,(H,18,19). The van der Waals surface area contributed by atoms with Crippen molar-refractivity contribution in [2.75, 3.05) is 26.3 Å². The van der Waals surface area contributed by atoms with Gasteiger partial charge in [-0.25, -0.2) is 8.78 Å². The predicted molar refractivity (Wildman–Crippen MR) is 72.4 cm³/mol. The Morgan fingerprint density at radius 1 is 1.52 bits per heavy atom. The first-order valence-electron chi connectivity index (χ1n) is 6.75. The molecule has 1 unspecified atom stereocenters. The van der Waals surface area contributed by atoms with Gasteiger partial charge < -0.3 is 20.1 Å². The van der Waals surface area contributed by atoms with Gasteiger partial charge in [0.05, 0.1) is 6.61 Å². The van der Waals surface area contributed by atoms with Crippen molar-refractivity contribution < 1.29 is 23.0 Å². The molecule has 0 spiro atoms. The molecule has 1 aromatic rings. The molecule has 0 radical (unpaired) electrons. The van der Waals surface area contributed by atoms with E-state index in [1.807, 2.05) is 0 Å². The van der Waals surface area contributed by atoms with Crippen molar-refractivity contribution in [2.24, 2.45) is 0 Å². The molecule has 0 saturated carbocycles. The monoisotopic (exact) mass is 300 g/mol. The van der Waals surface area contributed by atoms with Crippen LogP contribution in [0, 0.1) is 0 Å². The van der Waals surface area contributed by atoms with Gasteiger partial charge in [0.2, 0.25) is 0 Å². The summed E-state index contributed by atoms with van der Waals surface area (Å²) in [6.07, 6.45) is -3.00. The Balaban J connectivity index is 1.82. The average Bonchev–Trinajstić information content (AvgIpc) is 2.52. The molecule has 7 heteroatoms. The molecule has 1 aromatic carbocycles. The minimum absolute atomic E-state index is 0.193. The summed E-state index contributed by atoms with van der Waals surface area (Å²) in [7, 11) is 0. The summed E-state index contributed by atoms with van der Waals surface area (Å²) in [5, 5.41) is 5.83. The molecule has 1 aliphatic heterocycles. The zero-order valence-corrected chi connectivity index (χ0v) is 11.5. The van der Waals surface area contributed by atoms with Crippen molar-refractivity contribution >= 4 is 5.91 Å². The molecule has 0 aliphatic carbocycles. The molecule has 0 aromatic heterocycles. The number of alkyl halides is 2. The number of rotatable bonds is 6. The summed E-state index contributed by atoms with van der Waals surface area (Å²) in [6, 6.07) is 6.71. The van der Waals surface area contributed by atoms with Gasteiger partial charge in [0.15, 0.2) is 0 Å². The maximum absolute atomic E-state index is 12.1.